The lowest BCUT2D eigenvalue weighted by Gasteiger charge is -2.30. The van der Waals surface area contributed by atoms with Gasteiger partial charge in [-0.1, -0.05) is 6.92 Å². The second kappa shape index (κ2) is 2.46. The van der Waals surface area contributed by atoms with Gasteiger partial charge in [-0.05, 0) is 32.6 Å². The number of hydrogen-bond acceptors (Lipinski definition) is 2. The van der Waals surface area contributed by atoms with Crippen molar-refractivity contribution in [2.24, 2.45) is 0 Å². The summed E-state index contributed by atoms with van der Waals surface area (Å²) in [6.07, 6.45) is 5.05. The zero-order valence-electron chi connectivity index (χ0n) is 7.30. The average Bonchev–Trinajstić information content (AvgIpc) is 2.21. The molecule has 2 aliphatic heterocycles. The van der Waals surface area contributed by atoms with Crippen LogP contribution in [0.2, 0.25) is 0 Å². The molecule has 0 spiro atoms. The van der Waals surface area contributed by atoms with Gasteiger partial charge in [0, 0.05) is 0 Å². The molecular formula is C9H16O2. The Labute approximate surface area is 67.9 Å². The van der Waals surface area contributed by atoms with E-state index in [9.17, 15) is 0 Å². The fraction of sp³-hybridized carbons (Fsp3) is 1.00. The summed E-state index contributed by atoms with van der Waals surface area (Å²) in [4.78, 5) is 0. The van der Waals surface area contributed by atoms with Crippen LogP contribution in [0.1, 0.15) is 39.5 Å². The monoisotopic (exact) mass is 156 g/mol. The summed E-state index contributed by atoms with van der Waals surface area (Å²) in [5, 5.41) is 0. The SMILES string of the molecule is CCC1OC2CCCC1(C)O2. The van der Waals surface area contributed by atoms with Gasteiger partial charge in [-0.25, -0.2) is 0 Å². The molecule has 64 valence electrons. The van der Waals surface area contributed by atoms with Crippen molar-refractivity contribution in [3.05, 3.63) is 0 Å². The van der Waals surface area contributed by atoms with Gasteiger partial charge >= 0.3 is 0 Å². The zero-order chi connectivity index (χ0) is 7.90. The Kier molecular flexibility index (Phi) is 1.69. The lowest BCUT2D eigenvalue weighted by molar-refractivity contribution is -0.113. The lowest BCUT2D eigenvalue weighted by Crippen LogP contribution is -2.37. The minimum absolute atomic E-state index is 0.0394. The first-order valence-electron chi connectivity index (χ1n) is 4.58. The van der Waals surface area contributed by atoms with Crippen LogP contribution in [-0.2, 0) is 9.47 Å². The Morgan fingerprint density at radius 2 is 2.36 bits per heavy atom. The van der Waals surface area contributed by atoms with Crippen LogP contribution in [-0.4, -0.2) is 18.0 Å². The molecule has 2 rings (SSSR count). The molecule has 2 saturated heterocycles. The van der Waals surface area contributed by atoms with Crippen molar-refractivity contribution < 1.29 is 9.47 Å². The minimum atomic E-state index is 0.0394. The van der Waals surface area contributed by atoms with E-state index in [0.29, 0.717) is 6.10 Å². The van der Waals surface area contributed by atoms with E-state index in [1.165, 1.54) is 12.8 Å². The van der Waals surface area contributed by atoms with Gasteiger partial charge in [-0.3, -0.25) is 0 Å². The van der Waals surface area contributed by atoms with Crippen LogP contribution in [0.5, 0.6) is 0 Å². The van der Waals surface area contributed by atoms with Crippen molar-refractivity contribution in [3.63, 3.8) is 0 Å². The van der Waals surface area contributed by atoms with Crippen LogP contribution in [0.15, 0.2) is 0 Å². The Bertz CT molecular complexity index is 158. The maximum atomic E-state index is 5.77. The molecule has 2 fully saturated rings. The van der Waals surface area contributed by atoms with Gasteiger partial charge in [0.2, 0.25) is 0 Å². The molecule has 0 aromatic rings. The third kappa shape index (κ3) is 1.09. The minimum Gasteiger partial charge on any atom is -0.346 e. The van der Waals surface area contributed by atoms with Crippen molar-refractivity contribution in [1.82, 2.24) is 0 Å². The third-order valence-electron chi connectivity index (χ3n) is 2.88. The zero-order valence-corrected chi connectivity index (χ0v) is 7.30. The largest absolute Gasteiger partial charge is 0.346 e. The molecular weight excluding hydrogens is 140 g/mol. The molecule has 0 aromatic heterocycles. The first-order chi connectivity index (χ1) is 5.24. The summed E-state index contributed by atoms with van der Waals surface area (Å²) in [5.41, 5.74) is 0.0394. The Hall–Kier alpha value is -0.0800. The van der Waals surface area contributed by atoms with E-state index in [1.807, 2.05) is 0 Å². The molecule has 2 aliphatic rings. The van der Waals surface area contributed by atoms with Crippen molar-refractivity contribution in [2.45, 2.75) is 57.5 Å². The quantitative estimate of drug-likeness (QED) is 0.578. The van der Waals surface area contributed by atoms with Crippen LogP contribution in [0.25, 0.3) is 0 Å². The Morgan fingerprint density at radius 3 is 3.00 bits per heavy atom. The summed E-state index contributed by atoms with van der Waals surface area (Å²) in [6, 6.07) is 0. The Balaban J connectivity index is 2.14. The molecule has 0 aromatic carbocycles. The molecule has 0 radical (unpaired) electrons. The van der Waals surface area contributed by atoms with Crippen molar-refractivity contribution in [2.75, 3.05) is 0 Å². The molecule has 2 nitrogen and oxygen atoms in total. The number of rotatable bonds is 1. The second-order valence-electron chi connectivity index (χ2n) is 3.79. The molecule has 0 N–H and O–H groups in total. The summed E-state index contributed by atoms with van der Waals surface area (Å²) < 4.78 is 11.5. The highest BCUT2D eigenvalue weighted by Gasteiger charge is 2.47. The molecule has 2 heterocycles. The van der Waals surface area contributed by atoms with Crippen LogP contribution < -0.4 is 0 Å². The van der Waals surface area contributed by atoms with Gasteiger partial charge in [0.15, 0.2) is 6.29 Å². The molecule has 11 heavy (non-hydrogen) atoms. The summed E-state index contributed by atoms with van der Waals surface area (Å²) in [7, 11) is 0. The van der Waals surface area contributed by atoms with Gasteiger partial charge in [-0.2, -0.15) is 0 Å². The maximum Gasteiger partial charge on any atom is 0.158 e. The second-order valence-corrected chi connectivity index (χ2v) is 3.79. The van der Waals surface area contributed by atoms with Crippen LogP contribution in [0.3, 0.4) is 0 Å². The summed E-state index contributed by atoms with van der Waals surface area (Å²) >= 11 is 0. The topological polar surface area (TPSA) is 18.5 Å². The predicted molar refractivity (Wildman–Crippen MR) is 42.3 cm³/mol. The smallest absolute Gasteiger partial charge is 0.158 e. The van der Waals surface area contributed by atoms with Gasteiger partial charge < -0.3 is 9.47 Å². The van der Waals surface area contributed by atoms with E-state index in [4.69, 9.17) is 9.47 Å². The molecule has 0 aliphatic carbocycles. The fourth-order valence-electron chi connectivity index (χ4n) is 2.23. The van der Waals surface area contributed by atoms with Crippen LogP contribution in [0, 0.1) is 0 Å². The van der Waals surface area contributed by atoms with E-state index in [2.05, 4.69) is 13.8 Å². The van der Waals surface area contributed by atoms with E-state index in [-0.39, 0.29) is 11.9 Å². The molecule has 0 amide bonds. The molecule has 2 bridgehead atoms. The van der Waals surface area contributed by atoms with Crippen LogP contribution >= 0.6 is 0 Å². The van der Waals surface area contributed by atoms with Gasteiger partial charge in [0.05, 0.1) is 11.7 Å². The lowest BCUT2D eigenvalue weighted by atomic mass is 9.90. The predicted octanol–water partition coefficient (Wildman–Crippen LogP) is 2.08. The fourth-order valence-corrected chi connectivity index (χ4v) is 2.23. The maximum absolute atomic E-state index is 5.77. The normalized spacial score (nSPS) is 49.6. The highest BCUT2D eigenvalue weighted by atomic mass is 16.7. The van der Waals surface area contributed by atoms with Crippen molar-refractivity contribution >= 4 is 0 Å². The third-order valence-corrected chi connectivity index (χ3v) is 2.88. The van der Waals surface area contributed by atoms with Gasteiger partial charge in [-0.15, -0.1) is 0 Å². The molecule has 3 atom stereocenters. The Morgan fingerprint density at radius 1 is 1.55 bits per heavy atom. The van der Waals surface area contributed by atoms with E-state index < -0.39 is 0 Å². The molecule has 2 heteroatoms. The molecule has 0 saturated carbocycles. The standard InChI is InChI=1S/C9H16O2/c1-3-7-9(2)6-4-5-8(10-7)11-9/h7-8H,3-6H2,1-2H3. The highest BCUT2D eigenvalue weighted by molar-refractivity contribution is 4.92. The van der Waals surface area contributed by atoms with Crippen molar-refractivity contribution in [3.8, 4) is 0 Å². The van der Waals surface area contributed by atoms with E-state index >= 15 is 0 Å². The highest BCUT2D eigenvalue weighted by Crippen LogP contribution is 2.41. The van der Waals surface area contributed by atoms with E-state index in [1.54, 1.807) is 0 Å². The van der Waals surface area contributed by atoms with E-state index in [0.717, 1.165) is 12.8 Å². The summed E-state index contributed by atoms with van der Waals surface area (Å²) in [6.45, 7) is 4.35. The molecule has 3 unspecified atom stereocenters. The number of hydrogen-bond donors (Lipinski definition) is 0. The summed E-state index contributed by atoms with van der Waals surface area (Å²) in [5.74, 6) is 0. The first kappa shape index (κ1) is 7.56. The number of fused-ring (bicyclic) bond motifs is 2. The van der Waals surface area contributed by atoms with Gasteiger partial charge in [0.25, 0.3) is 0 Å². The average molecular weight is 156 g/mol. The first-order valence-corrected chi connectivity index (χ1v) is 4.58. The number of ether oxygens (including phenoxy) is 2. The van der Waals surface area contributed by atoms with Crippen molar-refractivity contribution in [1.29, 1.82) is 0 Å². The van der Waals surface area contributed by atoms with Crippen LogP contribution in [0.4, 0.5) is 0 Å². The van der Waals surface area contributed by atoms with Gasteiger partial charge in [0.1, 0.15) is 0 Å².